The lowest BCUT2D eigenvalue weighted by atomic mass is 9.84. The third-order valence-corrected chi connectivity index (χ3v) is 2.01. The van der Waals surface area contributed by atoms with Crippen LogP contribution in [-0.2, 0) is 9.53 Å². The second-order valence-corrected chi connectivity index (χ2v) is 2.92. The topological polar surface area (TPSA) is 52.3 Å². The van der Waals surface area contributed by atoms with Gasteiger partial charge in [-0.3, -0.25) is 10.5 Å². The van der Waals surface area contributed by atoms with E-state index in [1.54, 1.807) is 0 Å². The molecule has 0 radical (unpaired) electrons. The second kappa shape index (κ2) is 2.65. The summed E-state index contributed by atoms with van der Waals surface area (Å²) >= 11 is 0. The Labute approximate surface area is 68.9 Å². The standard InChI is InChI=1S/C7H11F2NO2/c1-2-5(11)12-7(10)4-3-6(7,8)9/h2-4,10H2,1H3. The highest BCUT2D eigenvalue weighted by molar-refractivity contribution is 5.69. The summed E-state index contributed by atoms with van der Waals surface area (Å²) in [6.07, 6.45) is -0.207. The van der Waals surface area contributed by atoms with Crippen LogP contribution < -0.4 is 5.73 Å². The molecule has 0 aromatic carbocycles. The zero-order valence-corrected chi connectivity index (χ0v) is 6.77. The largest absolute Gasteiger partial charge is 0.438 e. The van der Waals surface area contributed by atoms with E-state index in [0.29, 0.717) is 0 Å². The molecule has 1 rings (SSSR count). The Morgan fingerprint density at radius 3 is 2.42 bits per heavy atom. The highest BCUT2D eigenvalue weighted by Gasteiger charge is 2.62. The van der Waals surface area contributed by atoms with Gasteiger partial charge in [0.2, 0.25) is 5.72 Å². The van der Waals surface area contributed by atoms with Crippen molar-refractivity contribution in [3.8, 4) is 0 Å². The quantitative estimate of drug-likeness (QED) is 0.508. The first-order valence-corrected chi connectivity index (χ1v) is 3.80. The average molecular weight is 179 g/mol. The minimum absolute atomic E-state index is 0.0335. The summed E-state index contributed by atoms with van der Waals surface area (Å²) in [6, 6.07) is 0. The maximum Gasteiger partial charge on any atom is 0.307 e. The number of carbonyl (C=O) groups excluding carboxylic acids is 1. The molecule has 5 heteroatoms. The summed E-state index contributed by atoms with van der Waals surface area (Å²) < 4.78 is 29.8. The molecule has 1 atom stereocenters. The van der Waals surface area contributed by atoms with Crippen molar-refractivity contribution < 1.29 is 18.3 Å². The first kappa shape index (κ1) is 9.38. The molecule has 70 valence electrons. The number of esters is 1. The Hall–Kier alpha value is -0.710. The lowest BCUT2D eigenvalue weighted by molar-refractivity contribution is -0.260. The lowest BCUT2D eigenvalue weighted by Gasteiger charge is -2.44. The molecular formula is C7H11F2NO2. The maximum absolute atomic E-state index is 12.7. The van der Waals surface area contributed by atoms with Gasteiger partial charge in [0, 0.05) is 19.3 Å². The van der Waals surface area contributed by atoms with Gasteiger partial charge in [0.1, 0.15) is 0 Å². The summed E-state index contributed by atoms with van der Waals surface area (Å²) in [6.45, 7) is 1.53. The van der Waals surface area contributed by atoms with Gasteiger partial charge in [-0.05, 0) is 0 Å². The summed E-state index contributed by atoms with van der Waals surface area (Å²) in [5.74, 6) is -3.74. The van der Waals surface area contributed by atoms with E-state index in [0.717, 1.165) is 0 Å². The van der Waals surface area contributed by atoms with Crippen LogP contribution in [0.4, 0.5) is 8.78 Å². The van der Waals surface area contributed by atoms with Gasteiger partial charge in [-0.1, -0.05) is 6.92 Å². The normalized spacial score (nSPS) is 32.3. The van der Waals surface area contributed by atoms with Crippen molar-refractivity contribution in [3.05, 3.63) is 0 Å². The maximum atomic E-state index is 12.7. The molecule has 0 amide bonds. The number of rotatable bonds is 2. The van der Waals surface area contributed by atoms with E-state index in [1.807, 2.05) is 0 Å². The summed E-state index contributed by atoms with van der Waals surface area (Å²) in [7, 11) is 0. The van der Waals surface area contributed by atoms with E-state index in [2.05, 4.69) is 4.74 Å². The molecule has 1 fully saturated rings. The Morgan fingerprint density at radius 1 is 1.58 bits per heavy atom. The van der Waals surface area contributed by atoms with Crippen LogP contribution in [-0.4, -0.2) is 17.6 Å². The molecule has 0 aromatic rings. The fraction of sp³-hybridized carbons (Fsp3) is 0.857. The van der Waals surface area contributed by atoms with Crippen LogP contribution in [0, 0.1) is 0 Å². The molecule has 0 heterocycles. The van der Waals surface area contributed by atoms with Crippen molar-refractivity contribution in [2.45, 2.75) is 37.8 Å². The first-order chi connectivity index (χ1) is 5.41. The van der Waals surface area contributed by atoms with E-state index < -0.39 is 17.6 Å². The van der Waals surface area contributed by atoms with Gasteiger partial charge in [-0.15, -0.1) is 0 Å². The summed E-state index contributed by atoms with van der Waals surface area (Å²) in [4.78, 5) is 10.7. The molecular weight excluding hydrogens is 168 g/mol. The Bertz CT molecular complexity index is 208. The van der Waals surface area contributed by atoms with Crippen LogP contribution >= 0.6 is 0 Å². The number of halogens is 2. The van der Waals surface area contributed by atoms with E-state index in [1.165, 1.54) is 6.92 Å². The molecule has 1 saturated carbocycles. The van der Waals surface area contributed by atoms with E-state index in [-0.39, 0.29) is 19.3 Å². The zero-order chi connectivity index (χ0) is 9.41. The average Bonchev–Trinajstić information content (AvgIpc) is 2.02. The fourth-order valence-corrected chi connectivity index (χ4v) is 0.961. The van der Waals surface area contributed by atoms with Crippen LogP contribution in [0.2, 0.25) is 0 Å². The monoisotopic (exact) mass is 179 g/mol. The smallest absolute Gasteiger partial charge is 0.307 e. The van der Waals surface area contributed by atoms with Crippen molar-refractivity contribution in [2.24, 2.45) is 5.73 Å². The molecule has 1 aliphatic carbocycles. The second-order valence-electron chi connectivity index (χ2n) is 2.92. The molecule has 0 bridgehead atoms. The summed E-state index contributed by atoms with van der Waals surface area (Å²) in [5.41, 5.74) is 3.12. The zero-order valence-electron chi connectivity index (χ0n) is 6.77. The van der Waals surface area contributed by atoms with Crippen molar-refractivity contribution in [3.63, 3.8) is 0 Å². The van der Waals surface area contributed by atoms with Crippen LogP contribution in [0.25, 0.3) is 0 Å². The molecule has 2 N–H and O–H groups in total. The van der Waals surface area contributed by atoms with Crippen molar-refractivity contribution in [1.29, 1.82) is 0 Å². The minimum Gasteiger partial charge on any atom is -0.438 e. The van der Waals surface area contributed by atoms with Crippen LogP contribution in [0.5, 0.6) is 0 Å². The predicted molar refractivity (Wildman–Crippen MR) is 37.5 cm³/mol. The van der Waals surface area contributed by atoms with Gasteiger partial charge in [0.15, 0.2) is 0 Å². The molecule has 1 unspecified atom stereocenters. The third-order valence-electron chi connectivity index (χ3n) is 2.01. The highest BCUT2D eigenvalue weighted by Crippen LogP contribution is 2.45. The lowest BCUT2D eigenvalue weighted by Crippen LogP contribution is -2.66. The Kier molecular flexibility index (Phi) is 2.07. The Morgan fingerprint density at radius 2 is 2.17 bits per heavy atom. The number of nitrogens with two attached hydrogens (primary N) is 1. The molecule has 12 heavy (non-hydrogen) atoms. The van der Waals surface area contributed by atoms with Gasteiger partial charge in [-0.25, -0.2) is 8.78 Å². The van der Waals surface area contributed by atoms with Gasteiger partial charge in [-0.2, -0.15) is 0 Å². The predicted octanol–water partition coefficient (Wildman–Crippen LogP) is 1.02. The Balaban J connectivity index is 2.57. The molecule has 1 aliphatic rings. The van der Waals surface area contributed by atoms with E-state index in [9.17, 15) is 13.6 Å². The number of carbonyl (C=O) groups is 1. The molecule has 0 aliphatic heterocycles. The van der Waals surface area contributed by atoms with Crippen LogP contribution in [0.1, 0.15) is 26.2 Å². The van der Waals surface area contributed by atoms with E-state index in [4.69, 9.17) is 5.73 Å². The van der Waals surface area contributed by atoms with Crippen molar-refractivity contribution in [1.82, 2.24) is 0 Å². The summed E-state index contributed by atoms with van der Waals surface area (Å²) in [5, 5.41) is 0. The molecule has 0 spiro atoms. The van der Waals surface area contributed by atoms with Gasteiger partial charge >= 0.3 is 11.9 Å². The number of alkyl halides is 2. The SMILES string of the molecule is CCC(=O)OC1(N)CCC1(F)F. The molecule has 0 saturated heterocycles. The van der Waals surface area contributed by atoms with Crippen molar-refractivity contribution >= 4 is 5.97 Å². The van der Waals surface area contributed by atoms with Gasteiger partial charge < -0.3 is 4.74 Å². The first-order valence-electron chi connectivity index (χ1n) is 3.80. The van der Waals surface area contributed by atoms with Crippen LogP contribution in [0.15, 0.2) is 0 Å². The van der Waals surface area contributed by atoms with Gasteiger partial charge in [0.25, 0.3) is 0 Å². The highest BCUT2D eigenvalue weighted by atomic mass is 19.3. The number of hydrogen-bond acceptors (Lipinski definition) is 3. The molecule has 3 nitrogen and oxygen atoms in total. The number of hydrogen-bond donors (Lipinski definition) is 1. The van der Waals surface area contributed by atoms with E-state index >= 15 is 0 Å². The third kappa shape index (κ3) is 1.29. The van der Waals surface area contributed by atoms with Crippen molar-refractivity contribution in [2.75, 3.05) is 0 Å². The molecule has 0 aromatic heterocycles. The van der Waals surface area contributed by atoms with Gasteiger partial charge in [0.05, 0.1) is 0 Å². The fourth-order valence-electron chi connectivity index (χ4n) is 0.961. The van der Waals surface area contributed by atoms with Crippen LogP contribution in [0.3, 0.4) is 0 Å². The minimum atomic E-state index is -3.06. The number of ether oxygens (including phenoxy) is 1.